The lowest BCUT2D eigenvalue weighted by molar-refractivity contribution is -0.120. The van der Waals surface area contributed by atoms with E-state index < -0.39 is 0 Å². The zero-order chi connectivity index (χ0) is 13.7. The smallest absolute Gasteiger partial charge is 0.244 e. The predicted octanol–water partition coefficient (Wildman–Crippen LogP) is 3.05. The van der Waals surface area contributed by atoms with Crippen molar-refractivity contribution < 1.29 is 9.18 Å². The number of hydrazone groups is 1. The van der Waals surface area contributed by atoms with E-state index in [9.17, 15) is 9.18 Å². The number of rotatable bonds is 3. The minimum atomic E-state index is -0.291. The Kier molecular flexibility index (Phi) is 4.66. The molecule has 0 saturated heterocycles. The van der Waals surface area contributed by atoms with Crippen LogP contribution in [-0.2, 0) is 11.2 Å². The number of nitrogens with one attached hydrogen (secondary N) is 1. The molecule has 0 bridgehead atoms. The summed E-state index contributed by atoms with van der Waals surface area (Å²) in [5.41, 5.74) is 4.47. The van der Waals surface area contributed by atoms with Crippen molar-refractivity contribution in [1.29, 1.82) is 0 Å². The van der Waals surface area contributed by atoms with Crippen molar-refractivity contribution in [1.82, 2.24) is 5.43 Å². The van der Waals surface area contributed by atoms with Gasteiger partial charge in [0.15, 0.2) is 0 Å². The van der Waals surface area contributed by atoms with Gasteiger partial charge in [-0.05, 0) is 42.9 Å². The summed E-state index contributed by atoms with van der Waals surface area (Å²) in [6.45, 7) is 2.14. The van der Waals surface area contributed by atoms with Crippen molar-refractivity contribution in [2.45, 2.75) is 39.0 Å². The van der Waals surface area contributed by atoms with Crippen molar-refractivity contribution >= 4 is 11.6 Å². The first kappa shape index (κ1) is 13.7. The summed E-state index contributed by atoms with van der Waals surface area (Å²) in [5.74, 6) is 0.0113. The van der Waals surface area contributed by atoms with Crippen LogP contribution in [0, 0.1) is 11.7 Å². The van der Waals surface area contributed by atoms with Crippen molar-refractivity contribution in [3.8, 4) is 0 Å². The second-order valence-electron chi connectivity index (χ2n) is 5.09. The van der Waals surface area contributed by atoms with Gasteiger partial charge in [-0.2, -0.15) is 5.10 Å². The average Bonchev–Trinajstić information content (AvgIpc) is 2.40. The first-order valence-corrected chi connectivity index (χ1v) is 6.75. The number of hydrogen-bond acceptors (Lipinski definition) is 2. The van der Waals surface area contributed by atoms with Gasteiger partial charge in [0.05, 0.1) is 6.42 Å². The first-order valence-electron chi connectivity index (χ1n) is 6.75. The number of carbonyl (C=O) groups excluding carboxylic acids is 1. The van der Waals surface area contributed by atoms with Gasteiger partial charge in [-0.3, -0.25) is 4.79 Å². The Morgan fingerprint density at radius 2 is 2.11 bits per heavy atom. The van der Waals surface area contributed by atoms with Crippen LogP contribution in [-0.4, -0.2) is 11.6 Å². The molecule has 1 fully saturated rings. The fourth-order valence-corrected chi connectivity index (χ4v) is 2.30. The Morgan fingerprint density at radius 1 is 1.37 bits per heavy atom. The normalized spacial score (nSPS) is 21.4. The molecule has 1 aliphatic carbocycles. The Balaban J connectivity index is 1.87. The second kappa shape index (κ2) is 6.45. The standard InChI is InChI=1S/C15H19FN2O/c1-11-4-2-3-5-14(11)17-18-15(19)10-12-6-8-13(16)9-7-12/h6-9,11H,2-5,10H2,1H3,(H,18,19)/b17-14-/t11-/m1/s1. The van der Waals surface area contributed by atoms with E-state index in [0.29, 0.717) is 5.92 Å². The van der Waals surface area contributed by atoms with Crippen molar-refractivity contribution in [2.75, 3.05) is 0 Å². The van der Waals surface area contributed by atoms with Crippen LogP contribution in [0.2, 0.25) is 0 Å². The molecule has 0 aliphatic heterocycles. The molecule has 0 unspecified atom stereocenters. The third kappa shape index (κ3) is 4.16. The lowest BCUT2D eigenvalue weighted by atomic mass is 9.89. The molecule has 1 atom stereocenters. The molecule has 1 saturated carbocycles. The van der Waals surface area contributed by atoms with Crippen LogP contribution in [0.1, 0.15) is 38.2 Å². The van der Waals surface area contributed by atoms with Crippen LogP contribution < -0.4 is 5.43 Å². The lowest BCUT2D eigenvalue weighted by Crippen LogP contribution is -2.25. The molecule has 3 nitrogen and oxygen atoms in total. The van der Waals surface area contributed by atoms with E-state index in [2.05, 4.69) is 17.5 Å². The van der Waals surface area contributed by atoms with Gasteiger partial charge in [-0.15, -0.1) is 0 Å². The molecule has 4 heteroatoms. The van der Waals surface area contributed by atoms with E-state index in [0.717, 1.165) is 30.5 Å². The van der Waals surface area contributed by atoms with Crippen molar-refractivity contribution in [2.24, 2.45) is 11.0 Å². The van der Waals surface area contributed by atoms with Crippen molar-refractivity contribution in [3.05, 3.63) is 35.6 Å². The molecule has 1 amide bonds. The summed E-state index contributed by atoms with van der Waals surface area (Å²) in [6.07, 6.45) is 4.73. The quantitative estimate of drug-likeness (QED) is 0.836. The maximum atomic E-state index is 12.7. The third-order valence-electron chi connectivity index (χ3n) is 3.49. The third-order valence-corrected chi connectivity index (χ3v) is 3.49. The van der Waals surface area contributed by atoms with Gasteiger partial charge in [0.2, 0.25) is 5.91 Å². The highest BCUT2D eigenvalue weighted by molar-refractivity contribution is 5.88. The zero-order valence-electron chi connectivity index (χ0n) is 11.2. The van der Waals surface area contributed by atoms with E-state index >= 15 is 0 Å². The number of carbonyl (C=O) groups is 1. The topological polar surface area (TPSA) is 41.5 Å². The highest BCUT2D eigenvalue weighted by Crippen LogP contribution is 2.20. The van der Waals surface area contributed by atoms with Crippen LogP contribution in [0.25, 0.3) is 0 Å². The lowest BCUT2D eigenvalue weighted by Gasteiger charge is -2.19. The molecular formula is C15H19FN2O. The van der Waals surface area contributed by atoms with Crippen LogP contribution >= 0.6 is 0 Å². The summed E-state index contributed by atoms with van der Waals surface area (Å²) in [4.78, 5) is 11.7. The molecule has 1 aromatic rings. The SMILES string of the molecule is C[C@@H]1CCCC/C1=N/NC(=O)Cc1ccc(F)cc1. The fourth-order valence-electron chi connectivity index (χ4n) is 2.30. The number of benzene rings is 1. The van der Waals surface area contributed by atoms with E-state index in [1.54, 1.807) is 12.1 Å². The monoisotopic (exact) mass is 262 g/mol. The molecule has 0 spiro atoms. The zero-order valence-corrected chi connectivity index (χ0v) is 11.2. The Labute approximate surface area is 112 Å². The highest BCUT2D eigenvalue weighted by Gasteiger charge is 2.16. The summed E-state index contributed by atoms with van der Waals surface area (Å²) < 4.78 is 12.7. The number of hydrogen-bond donors (Lipinski definition) is 1. The van der Waals surface area contributed by atoms with Gasteiger partial charge in [-0.25, -0.2) is 9.82 Å². The Hall–Kier alpha value is -1.71. The summed E-state index contributed by atoms with van der Waals surface area (Å²) in [6, 6.07) is 5.95. The summed E-state index contributed by atoms with van der Waals surface area (Å²) in [7, 11) is 0. The van der Waals surface area contributed by atoms with Gasteiger partial charge in [0, 0.05) is 5.71 Å². The van der Waals surface area contributed by atoms with E-state index in [1.807, 2.05) is 0 Å². The summed E-state index contributed by atoms with van der Waals surface area (Å²) in [5, 5.41) is 4.22. The number of halogens is 1. The van der Waals surface area contributed by atoms with Crippen LogP contribution in [0.3, 0.4) is 0 Å². The Morgan fingerprint density at radius 3 is 2.79 bits per heavy atom. The van der Waals surface area contributed by atoms with Crippen LogP contribution in [0.15, 0.2) is 29.4 Å². The van der Waals surface area contributed by atoms with E-state index in [4.69, 9.17) is 0 Å². The van der Waals surface area contributed by atoms with E-state index in [1.165, 1.54) is 18.6 Å². The molecule has 0 heterocycles. The minimum Gasteiger partial charge on any atom is -0.273 e. The molecule has 1 aliphatic rings. The van der Waals surface area contributed by atoms with Gasteiger partial charge in [-0.1, -0.05) is 25.5 Å². The van der Waals surface area contributed by atoms with Crippen LogP contribution in [0.4, 0.5) is 4.39 Å². The largest absolute Gasteiger partial charge is 0.273 e. The highest BCUT2D eigenvalue weighted by atomic mass is 19.1. The van der Waals surface area contributed by atoms with Gasteiger partial charge in [0.1, 0.15) is 5.82 Å². The predicted molar refractivity (Wildman–Crippen MR) is 73.3 cm³/mol. The first-order chi connectivity index (χ1) is 9.15. The minimum absolute atomic E-state index is 0.156. The maximum Gasteiger partial charge on any atom is 0.244 e. The number of nitrogens with zero attached hydrogens (tertiary/aromatic N) is 1. The Bertz CT molecular complexity index is 468. The van der Waals surface area contributed by atoms with Gasteiger partial charge >= 0.3 is 0 Å². The molecule has 1 N–H and O–H groups in total. The van der Waals surface area contributed by atoms with Crippen LogP contribution in [0.5, 0.6) is 0 Å². The fraction of sp³-hybridized carbons (Fsp3) is 0.467. The van der Waals surface area contributed by atoms with Gasteiger partial charge < -0.3 is 0 Å². The second-order valence-corrected chi connectivity index (χ2v) is 5.09. The van der Waals surface area contributed by atoms with Gasteiger partial charge in [0.25, 0.3) is 0 Å². The molecule has 19 heavy (non-hydrogen) atoms. The molecule has 2 rings (SSSR count). The van der Waals surface area contributed by atoms with E-state index in [-0.39, 0.29) is 18.1 Å². The van der Waals surface area contributed by atoms with Crippen molar-refractivity contribution in [3.63, 3.8) is 0 Å². The molecule has 102 valence electrons. The summed E-state index contributed by atoms with van der Waals surface area (Å²) >= 11 is 0. The molecule has 1 aromatic carbocycles. The molecule has 0 radical (unpaired) electrons. The average molecular weight is 262 g/mol. The molecule has 0 aromatic heterocycles. The maximum absolute atomic E-state index is 12.7. The number of amides is 1. The molecular weight excluding hydrogens is 243 g/mol.